The quantitative estimate of drug-likeness (QED) is 0.906. The monoisotopic (exact) mass is 287 g/mol. The summed E-state index contributed by atoms with van der Waals surface area (Å²) in [5.74, 6) is -1.35. The van der Waals surface area contributed by atoms with Gasteiger partial charge in [-0.15, -0.1) is 0 Å². The molecule has 0 bridgehead atoms. The summed E-state index contributed by atoms with van der Waals surface area (Å²) in [6.45, 7) is 2.09. The molecule has 1 aliphatic rings. The van der Waals surface area contributed by atoms with Crippen LogP contribution in [0.5, 0.6) is 0 Å². The normalized spacial score (nSPS) is 23.7. The Bertz CT molecular complexity index is 501. The molecule has 0 radical (unpaired) electrons. The van der Waals surface area contributed by atoms with Gasteiger partial charge in [-0.3, -0.25) is 4.79 Å². The first-order valence-corrected chi connectivity index (χ1v) is 6.46. The van der Waals surface area contributed by atoms with E-state index in [4.69, 9.17) is 5.11 Å². The molecule has 2 unspecified atom stereocenters. The summed E-state index contributed by atoms with van der Waals surface area (Å²) in [4.78, 5) is 12.6. The van der Waals surface area contributed by atoms with Crippen LogP contribution in [0, 0.1) is 5.92 Å². The highest BCUT2D eigenvalue weighted by Gasteiger charge is 2.37. The topological polar surface area (TPSA) is 40.5 Å². The summed E-state index contributed by atoms with van der Waals surface area (Å²) in [6, 6.07) is 5.21. The Balaban J connectivity index is 2.27. The van der Waals surface area contributed by atoms with Crippen LogP contribution in [0.2, 0.25) is 0 Å². The van der Waals surface area contributed by atoms with Gasteiger partial charge in [0.1, 0.15) is 0 Å². The molecule has 2 atom stereocenters. The van der Waals surface area contributed by atoms with Gasteiger partial charge < -0.3 is 10.0 Å². The number of benzene rings is 1. The minimum absolute atomic E-state index is 0.135. The second-order valence-corrected chi connectivity index (χ2v) is 5.12. The molecule has 1 aliphatic heterocycles. The first kappa shape index (κ1) is 14.7. The molecule has 0 aliphatic carbocycles. The number of hydrogen-bond donors (Lipinski definition) is 1. The second kappa shape index (κ2) is 5.34. The maximum absolute atomic E-state index is 13.0. The molecule has 2 rings (SSSR count). The van der Waals surface area contributed by atoms with E-state index in [0.717, 1.165) is 6.07 Å². The van der Waals surface area contributed by atoms with Crippen LogP contribution >= 0.6 is 0 Å². The molecule has 6 heteroatoms. The maximum atomic E-state index is 13.0. The third kappa shape index (κ3) is 2.89. The van der Waals surface area contributed by atoms with Gasteiger partial charge in [-0.2, -0.15) is 13.2 Å². The summed E-state index contributed by atoms with van der Waals surface area (Å²) >= 11 is 0. The van der Waals surface area contributed by atoms with Gasteiger partial charge in [0.2, 0.25) is 0 Å². The predicted molar refractivity (Wildman–Crippen MR) is 68.6 cm³/mol. The van der Waals surface area contributed by atoms with Crippen molar-refractivity contribution >= 4 is 11.7 Å². The molecule has 0 spiro atoms. The largest absolute Gasteiger partial charge is 0.481 e. The number of carbonyl (C=O) groups is 1. The molecule has 1 N–H and O–H groups in total. The van der Waals surface area contributed by atoms with Gasteiger partial charge in [0.25, 0.3) is 0 Å². The van der Waals surface area contributed by atoms with Crippen LogP contribution in [-0.4, -0.2) is 23.7 Å². The maximum Gasteiger partial charge on any atom is 0.418 e. The van der Waals surface area contributed by atoms with Crippen LogP contribution in [0.25, 0.3) is 0 Å². The van der Waals surface area contributed by atoms with Gasteiger partial charge in [0.05, 0.1) is 11.5 Å². The first-order chi connectivity index (χ1) is 9.30. The lowest BCUT2D eigenvalue weighted by Crippen LogP contribution is -2.43. The van der Waals surface area contributed by atoms with Crippen molar-refractivity contribution < 1.29 is 23.1 Å². The van der Waals surface area contributed by atoms with Crippen LogP contribution < -0.4 is 4.90 Å². The minimum atomic E-state index is -4.40. The van der Waals surface area contributed by atoms with Crippen molar-refractivity contribution in [1.82, 2.24) is 0 Å². The molecule has 0 aromatic heterocycles. The van der Waals surface area contributed by atoms with Crippen LogP contribution in [0.1, 0.15) is 25.3 Å². The Morgan fingerprint density at radius 3 is 2.55 bits per heavy atom. The lowest BCUT2D eigenvalue weighted by molar-refractivity contribution is -0.143. The molecule has 0 amide bonds. The van der Waals surface area contributed by atoms with Gasteiger partial charge in [-0.25, -0.2) is 0 Å². The number of carboxylic acid groups (broad SMARTS) is 1. The lowest BCUT2D eigenvalue weighted by atomic mass is 9.91. The molecular formula is C14H16F3NO2. The van der Waals surface area contributed by atoms with E-state index < -0.39 is 23.6 Å². The molecule has 1 aromatic carbocycles. The van der Waals surface area contributed by atoms with Crippen LogP contribution in [0.15, 0.2) is 24.3 Å². The Morgan fingerprint density at radius 1 is 1.35 bits per heavy atom. The SMILES string of the molecule is CC1CC(C(=O)O)CCN1c1ccccc1C(F)(F)F. The molecule has 1 aromatic rings. The van der Waals surface area contributed by atoms with Crippen LogP contribution in [-0.2, 0) is 11.0 Å². The smallest absolute Gasteiger partial charge is 0.418 e. The fourth-order valence-corrected chi connectivity index (χ4v) is 2.72. The average Bonchev–Trinajstić information content (AvgIpc) is 2.37. The van der Waals surface area contributed by atoms with Crippen molar-refractivity contribution in [2.45, 2.75) is 32.0 Å². The summed E-state index contributed by atoms with van der Waals surface area (Å²) in [5.41, 5.74) is -0.531. The number of para-hydroxylation sites is 1. The Morgan fingerprint density at radius 2 is 2.00 bits per heavy atom. The standard InChI is InChI=1S/C14H16F3NO2/c1-9-8-10(13(19)20)6-7-18(9)12-5-3-2-4-11(12)14(15,16)17/h2-5,9-10H,6-8H2,1H3,(H,19,20). The molecule has 1 heterocycles. The van der Waals surface area contributed by atoms with Crippen molar-refractivity contribution in [3.8, 4) is 0 Å². The zero-order valence-corrected chi connectivity index (χ0v) is 11.0. The fraction of sp³-hybridized carbons (Fsp3) is 0.500. The van der Waals surface area contributed by atoms with Crippen molar-refractivity contribution in [1.29, 1.82) is 0 Å². The van der Waals surface area contributed by atoms with E-state index in [2.05, 4.69) is 0 Å². The van der Waals surface area contributed by atoms with E-state index in [1.807, 2.05) is 0 Å². The predicted octanol–water partition coefficient (Wildman–Crippen LogP) is 3.39. The van der Waals surface area contributed by atoms with Crippen molar-refractivity contribution in [2.75, 3.05) is 11.4 Å². The molecular weight excluding hydrogens is 271 g/mol. The molecule has 1 fully saturated rings. The van der Waals surface area contributed by atoms with E-state index in [9.17, 15) is 18.0 Å². The van der Waals surface area contributed by atoms with Gasteiger partial charge >= 0.3 is 12.1 Å². The minimum Gasteiger partial charge on any atom is -0.481 e. The summed E-state index contributed by atoms with van der Waals surface area (Å²) in [5, 5.41) is 9.00. The van der Waals surface area contributed by atoms with Gasteiger partial charge in [-0.1, -0.05) is 12.1 Å². The number of anilines is 1. The highest BCUT2D eigenvalue weighted by molar-refractivity contribution is 5.70. The van der Waals surface area contributed by atoms with E-state index in [1.165, 1.54) is 12.1 Å². The number of nitrogens with zero attached hydrogens (tertiary/aromatic N) is 1. The summed E-state index contributed by atoms with van der Waals surface area (Å²) < 4.78 is 39.0. The van der Waals surface area contributed by atoms with E-state index in [0.29, 0.717) is 19.4 Å². The summed E-state index contributed by atoms with van der Waals surface area (Å²) in [6.07, 6.45) is -3.67. The third-order valence-corrected chi connectivity index (χ3v) is 3.74. The zero-order valence-electron chi connectivity index (χ0n) is 11.0. The third-order valence-electron chi connectivity index (χ3n) is 3.74. The Labute approximate surface area is 115 Å². The number of hydrogen-bond acceptors (Lipinski definition) is 2. The first-order valence-electron chi connectivity index (χ1n) is 6.46. The number of piperidine rings is 1. The number of halogens is 3. The molecule has 110 valence electrons. The lowest BCUT2D eigenvalue weighted by Gasteiger charge is -2.39. The summed E-state index contributed by atoms with van der Waals surface area (Å²) in [7, 11) is 0. The van der Waals surface area contributed by atoms with Crippen molar-refractivity contribution in [3.63, 3.8) is 0 Å². The van der Waals surface area contributed by atoms with E-state index in [-0.39, 0.29) is 11.7 Å². The number of rotatable bonds is 2. The number of alkyl halides is 3. The van der Waals surface area contributed by atoms with Crippen molar-refractivity contribution in [3.05, 3.63) is 29.8 Å². The highest BCUT2D eigenvalue weighted by atomic mass is 19.4. The Hall–Kier alpha value is -1.72. The van der Waals surface area contributed by atoms with E-state index >= 15 is 0 Å². The Kier molecular flexibility index (Phi) is 3.92. The van der Waals surface area contributed by atoms with Gasteiger partial charge in [0.15, 0.2) is 0 Å². The molecule has 20 heavy (non-hydrogen) atoms. The molecule has 3 nitrogen and oxygen atoms in total. The fourth-order valence-electron chi connectivity index (χ4n) is 2.72. The number of carboxylic acids is 1. The molecule has 0 saturated carbocycles. The number of aliphatic carboxylic acids is 1. The zero-order chi connectivity index (χ0) is 14.9. The van der Waals surface area contributed by atoms with Gasteiger partial charge in [-0.05, 0) is 31.9 Å². The highest BCUT2D eigenvalue weighted by Crippen LogP contribution is 2.39. The average molecular weight is 287 g/mol. The van der Waals surface area contributed by atoms with E-state index in [1.54, 1.807) is 17.9 Å². The molecule has 1 saturated heterocycles. The van der Waals surface area contributed by atoms with Crippen LogP contribution in [0.3, 0.4) is 0 Å². The second-order valence-electron chi connectivity index (χ2n) is 5.12. The van der Waals surface area contributed by atoms with Crippen LogP contribution in [0.4, 0.5) is 18.9 Å². The van der Waals surface area contributed by atoms with Gasteiger partial charge in [0, 0.05) is 18.3 Å². The van der Waals surface area contributed by atoms with Crippen molar-refractivity contribution in [2.24, 2.45) is 5.92 Å².